The Hall–Kier alpha value is -4.86. The van der Waals surface area contributed by atoms with E-state index in [2.05, 4.69) is 21.2 Å². The molecule has 0 saturated heterocycles. The number of nitrogens with zero attached hydrogens (tertiary/aromatic N) is 1. The molecule has 0 aliphatic heterocycles. The number of hydrogen-bond acceptors (Lipinski definition) is 7. The van der Waals surface area contributed by atoms with Gasteiger partial charge in [0, 0.05) is 17.4 Å². The molecular formula is C27H28N4O6. The van der Waals surface area contributed by atoms with Crippen molar-refractivity contribution in [1.29, 1.82) is 0 Å². The molecule has 0 aromatic heterocycles. The van der Waals surface area contributed by atoms with Gasteiger partial charge in [-0.3, -0.25) is 14.4 Å². The Kier molecular flexibility index (Phi) is 10.0. The minimum atomic E-state index is -0.912. The molecule has 0 aliphatic carbocycles. The standard InChI is InChI=1S/C27H28N4O6/c1-3-15-36-22-13-9-20(10-14-22)30-26(33)27(34)31-28-17-19-7-11-23(12-8-19)37-18-25(32)29-21-5-4-6-24(16-21)35-2/h4-14,16-17H,3,15,18H2,1-2H3,(H,29,32)(H,30,33)(H,31,34)/b28-17-. The van der Waals surface area contributed by atoms with Crippen LogP contribution in [0.5, 0.6) is 17.2 Å². The van der Waals surface area contributed by atoms with Crippen molar-refractivity contribution in [2.24, 2.45) is 5.10 Å². The van der Waals surface area contributed by atoms with Crippen LogP contribution in [-0.2, 0) is 14.4 Å². The van der Waals surface area contributed by atoms with Crippen molar-refractivity contribution in [2.45, 2.75) is 13.3 Å². The number of ether oxygens (including phenoxy) is 3. The third-order valence-electron chi connectivity index (χ3n) is 4.77. The number of anilines is 2. The van der Waals surface area contributed by atoms with Crippen molar-refractivity contribution in [3.8, 4) is 17.2 Å². The van der Waals surface area contributed by atoms with Gasteiger partial charge >= 0.3 is 11.8 Å². The topological polar surface area (TPSA) is 127 Å². The van der Waals surface area contributed by atoms with Gasteiger partial charge in [0.1, 0.15) is 17.2 Å². The van der Waals surface area contributed by atoms with E-state index >= 15 is 0 Å². The number of hydrazone groups is 1. The molecule has 0 aliphatic rings. The quantitative estimate of drug-likeness (QED) is 0.208. The number of amides is 3. The molecular weight excluding hydrogens is 476 g/mol. The molecule has 3 amide bonds. The summed E-state index contributed by atoms with van der Waals surface area (Å²) < 4.78 is 16.1. The van der Waals surface area contributed by atoms with Crippen LogP contribution in [0.25, 0.3) is 0 Å². The van der Waals surface area contributed by atoms with E-state index in [4.69, 9.17) is 14.2 Å². The lowest BCUT2D eigenvalue weighted by molar-refractivity contribution is -0.136. The summed E-state index contributed by atoms with van der Waals surface area (Å²) >= 11 is 0. The normalized spacial score (nSPS) is 10.4. The van der Waals surface area contributed by atoms with Crippen LogP contribution in [0.15, 0.2) is 77.9 Å². The zero-order valence-electron chi connectivity index (χ0n) is 20.5. The fourth-order valence-electron chi connectivity index (χ4n) is 2.96. The van der Waals surface area contributed by atoms with E-state index in [0.29, 0.717) is 40.8 Å². The Morgan fingerprint density at radius 1 is 0.811 bits per heavy atom. The van der Waals surface area contributed by atoms with Crippen LogP contribution in [-0.4, -0.2) is 44.3 Å². The smallest absolute Gasteiger partial charge is 0.329 e. The van der Waals surface area contributed by atoms with Crippen LogP contribution in [0, 0.1) is 0 Å². The summed E-state index contributed by atoms with van der Waals surface area (Å²) in [4.78, 5) is 36.1. The molecule has 0 atom stereocenters. The Morgan fingerprint density at radius 3 is 2.22 bits per heavy atom. The molecule has 0 spiro atoms. The third kappa shape index (κ3) is 9.02. The maximum absolute atomic E-state index is 12.1. The molecule has 3 aromatic carbocycles. The number of nitrogens with one attached hydrogen (secondary N) is 3. The zero-order valence-corrected chi connectivity index (χ0v) is 20.5. The summed E-state index contributed by atoms with van der Waals surface area (Å²) in [5, 5.41) is 9.01. The fourth-order valence-corrected chi connectivity index (χ4v) is 2.96. The molecule has 3 rings (SSSR count). The van der Waals surface area contributed by atoms with Crippen molar-refractivity contribution in [1.82, 2.24) is 5.43 Å². The first-order valence-electron chi connectivity index (χ1n) is 11.5. The molecule has 3 aromatic rings. The van der Waals surface area contributed by atoms with Crippen LogP contribution in [0.4, 0.5) is 11.4 Å². The van der Waals surface area contributed by atoms with Gasteiger partial charge in [-0.2, -0.15) is 5.10 Å². The molecule has 10 heteroatoms. The fraction of sp³-hybridized carbons (Fsp3) is 0.185. The van der Waals surface area contributed by atoms with Crippen molar-refractivity contribution in [3.63, 3.8) is 0 Å². The molecule has 0 saturated carbocycles. The van der Waals surface area contributed by atoms with E-state index < -0.39 is 11.8 Å². The Labute approximate surface area is 214 Å². The van der Waals surface area contributed by atoms with Gasteiger partial charge in [0.25, 0.3) is 5.91 Å². The van der Waals surface area contributed by atoms with Crippen LogP contribution in [0.1, 0.15) is 18.9 Å². The van der Waals surface area contributed by atoms with Gasteiger partial charge in [-0.25, -0.2) is 5.43 Å². The molecule has 0 fully saturated rings. The summed E-state index contributed by atoms with van der Waals surface area (Å²) in [7, 11) is 1.55. The van der Waals surface area contributed by atoms with E-state index in [0.717, 1.165) is 6.42 Å². The Balaban J connectivity index is 1.40. The minimum Gasteiger partial charge on any atom is -0.497 e. The first-order chi connectivity index (χ1) is 18.0. The van der Waals surface area contributed by atoms with E-state index in [1.807, 2.05) is 6.92 Å². The second-order valence-corrected chi connectivity index (χ2v) is 7.66. The molecule has 0 bridgehead atoms. The van der Waals surface area contributed by atoms with Crippen LogP contribution < -0.4 is 30.3 Å². The Bertz CT molecular complexity index is 1230. The summed E-state index contributed by atoms with van der Waals surface area (Å²) in [5.74, 6) is -0.286. The second-order valence-electron chi connectivity index (χ2n) is 7.66. The van der Waals surface area contributed by atoms with E-state index in [1.165, 1.54) is 6.21 Å². The Morgan fingerprint density at radius 2 is 1.51 bits per heavy atom. The predicted molar refractivity (Wildman–Crippen MR) is 140 cm³/mol. The van der Waals surface area contributed by atoms with Gasteiger partial charge in [0.15, 0.2) is 6.61 Å². The molecule has 37 heavy (non-hydrogen) atoms. The molecule has 192 valence electrons. The highest BCUT2D eigenvalue weighted by atomic mass is 16.5. The maximum atomic E-state index is 12.1. The predicted octanol–water partition coefficient (Wildman–Crippen LogP) is 3.59. The number of rotatable bonds is 11. The van der Waals surface area contributed by atoms with Crippen molar-refractivity contribution in [2.75, 3.05) is 31.0 Å². The van der Waals surface area contributed by atoms with Crippen LogP contribution >= 0.6 is 0 Å². The molecule has 0 unspecified atom stereocenters. The van der Waals surface area contributed by atoms with Crippen LogP contribution in [0.3, 0.4) is 0 Å². The highest BCUT2D eigenvalue weighted by molar-refractivity contribution is 6.39. The first-order valence-corrected chi connectivity index (χ1v) is 11.5. The lowest BCUT2D eigenvalue weighted by Gasteiger charge is -2.08. The van der Waals surface area contributed by atoms with Gasteiger partial charge in [-0.1, -0.05) is 13.0 Å². The minimum absolute atomic E-state index is 0.176. The van der Waals surface area contributed by atoms with E-state index in [9.17, 15) is 14.4 Å². The highest BCUT2D eigenvalue weighted by Gasteiger charge is 2.13. The highest BCUT2D eigenvalue weighted by Crippen LogP contribution is 2.17. The molecule has 0 heterocycles. The monoisotopic (exact) mass is 504 g/mol. The average Bonchev–Trinajstić information content (AvgIpc) is 2.92. The van der Waals surface area contributed by atoms with Crippen molar-refractivity contribution in [3.05, 3.63) is 78.4 Å². The summed E-state index contributed by atoms with van der Waals surface area (Å²) in [6.07, 6.45) is 2.27. The van der Waals surface area contributed by atoms with Gasteiger partial charge < -0.3 is 24.8 Å². The van der Waals surface area contributed by atoms with E-state index in [-0.39, 0.29) is 12.5 Å². The second kappa shape index (κ2) is 13.9. The third-order valence-corrected chi connectivity index (χ3v) is 4.77. The van der Waals surface area contributed by atoms with Gasteiger partial charge in [0.05, 0.1) is 19.9 Å². The van der Waals surface area contributed by atoms with Crippen molar-refractivity contribution >= 4 is 35.3 Å². The summed E-state index contributed by atoms with van der Waals surface area (Å²) in [6.45, 7) is 2.43. The van der Waals surface area contributed by atoms with Gasteiger partial charge in [-0.15, -0.1) is 0 Å². The summed E-state index contributed by atoms with van der Waals surface area (Å²) in [5.41, 5.74) is 3.89. The number of benzene rings is 3. The number of carbonyl (C=O) groups excluding carboxylic acids is 3. The average molecular weight is 505 g/mol. The molecule has 3 N–H and O–H groups in total. The number of carbonyl (C=O) groups is 3. The van der Waals surface area contributed by atoms with Gasteiger partial charge in [-0.05, 0) is 72.6 Å². The van der Waals surface area contributed by atoms with Crippen molar-refractivity contribution < 1.29 is 28.6 Å². The van der Waals surface area contributed by atoms with Gasteiger partial charge in [0.2, 0.25) is 0 Å². The lowest BCUT2D eigenvalue weighted by atomic mass is 10.2. The largest absolute Gasteiger partial charge is 0.497 e. The summed E-state index contributed by atoms with van der Waals surface area (Å²) in [6, 6.07) is 20.4. The van der Waals surface area contributed by atoms with E-state index in [1.54, 1.807) is 79.9 Å². The molecule has 10 nitrogen and oxygen atoms in total. The zero-order chi connectivity index (χ0) is 26.5. The SMILES string of the molecule is CCCOc1ccc(NC(=O)C(=O)N/N=C\c2ccc(OCC(=O)Nc3cccc(OC)c3)cc2)cc1. The van der Waals surface area contributed by atoms with Crippen LogP contribution in [0.2, 0.25) is 0 Å². The first kappa shape index (κ1) is 26.7. The maximum Gasteiger partial charge on any atom is 0.329 e. The number of hydrogen-bond donors (Lipinski definition) is 3. The number of methoxy groups -OCH3 is 1. The molecule has 0 radical (unpaired) electrons. The lowest BCUT2D eigenvalue weighted by Crippen LogP contribution is -2.32.